The monoisotopic (exact) mass is 407 g/mol. The molecule has 0 bridgehead atoms. The predicted octanol–water partition coefficient (Wildman–Crippen LogP) is 2.68. The minimum atomic E-state index is -3.89. The summed E-state index contributed by atoms with van der Waals surface area (Å²) in [7, 11) is -3.89. The zero-order valence-corrected chi connectivity index (χ0v) is 15.5. The summed E-state index contributed by atoms with van der Waals surface area (Å²) in [6, 6.07) is 15.4. The number of nitrogens with zero attached hydrogens (tertiary/aromatic N) is 2. The molecule has 0 amide bonds. The fraction of sp³-hybridized carbons (Fsp3) is 0.111. The fourth-order valence-corrected chi connectivity index (χ4v) is 3.68. The van der Waals surface area contributed by atoms with E-state index in [0.29, 0.717) is 5.69 Å². The molecular formula is C18H15ClFN3O3S. The van der Waals surface area contributed by atoms with Crippen LogP contribution < -0.4 is 10.3 Å². The molecule has 140 valence electrons. The summed E-state index contributed by atoms with van der Waals surface area (Å²) in [5.41, 5.74) is 1.09. The maximum absolute atomic E-state index is 13.2. The van der Waals surface area contributed by atoms with E-state index in [1.165, 1.54) is 10.7 Å². The lowest BCUT2D eigenvalue weighted by atomic mass is 10.1. The smallest absolute Gasteiger partial charge is 0.266 e. The number of hydrogen-bond acceptors (Lipinski definition) is 4. The van der Waals surface area contributed by atoms with E-state index in [4.69, 9.17) is 11.6 Å². The van der Waals surface area contributed by atoms with Gasteiger partial charge in [-0.25, -0.2) is 22.2 Å². The zero-order chi connectivity index (χ0) is 19.4. The van der Waals surface area contributed by atoms with Crippen molar-refractivity contribution in [2.75, 3.05) is 6.54 Å². The van der Waals surface area contributed by atoms with Gasteiger partial charge in [0.05, 0.1) is 22.2 Å². The molecule has 1 aromatic heterocycles. The molecule has 0 radical (unpaired) electrons. The largest absolute Gasteiger partial charge is 0.268 e. The van der Waals surface area contributed by atoms with Crippen molar-refractivity contribution in [1.82, 2.24) is 14.5 Å². The van der Waals surface area contributed by atoms with Gasteiger partial charge in [-0.3, -0.25) is 4.79 Å². The molecule has 0 unspecified atom stereocenters. The van der Waals surface area contributed by atoms with Crippen LogP contribution in [0.1, 0.15) is 0 Å². The fourth-order valence-electron chi connectivity index (χ4n) is 2.39. The van der Waals surface area contributed by atoms with Crippen molar-refractivity contribution < 1.29 is 12.8 Å². The Balaban J connectivity index is 1.73. The van der Waals surface area contributed by atoms with Crippen molar-refractivity contribution in [3.63, 3.8) is 0 Å². The molecule has 1 heterocycles. The Bertz CT molecular complexity index is 1120. The highest BCUT2D eigenvalue weighted by atomic mass is 35.5. The third-order valence-corrected chi connectivity index (χ3v) is 5.50. The number of rotatable bonds is 6. The highest BCUT2D eigenvalue weighted by Crippen LogP contribution is 2.19. The van der Waals surface area contributed by atoms with Gasteiger partial charge in [-0.2, -0.15) is 5.10 Å². The lowest BCUT2D eigenvalue weighted by Crippen LogP contribution is -2.32. The van der Waals surface area contributed by atoms with Gasteiger partial charge >= 0.3 is 0 Å². The van der Waals surface area contributed by atoms with Crippen molar-refractivity contribution in [1.29, 1.82) is 0 Å². The van der Waals surface area contributed by atoms with E-state index < -0.39 is 15.8 Å². The molecule has 0 fully saturated rings. The van der Waals surface area contributed by atoms with Crippen LogP contribution in [0.25, 0.3) is 11.3 Å². The molecule has 6 nitrogen and oxygen atoms in total. The molecule has 0 aliphatic rings. The summed E-state index contributed by atoms with van der Waals surface area (Å²) in [4.78, 5) is 11.8. The molecule has 0 aliphatic heterocycles. The minimum absolute atomic E-state index is 0.0354. The van der Waals surface area contributed by atoms with Crippen LogP contribution in [0.15, 0.2) is 70.4 Å². The summed E-state index contributed by atoms with van der Waals surface area (Å²) in [5.74, 6) is -0.705. The van der Waals surface area contributed by atoms with Gasteiger partial charge < -0.3 is 0 Å². The molecule has 0 aliphatic carbocycles. The normalized spacial score (nSPS) is 11.5. The van der Waals surface area contributed by atoms with E-state index in [9.17, 15) is 17.6 Å². The summed E-state index contributed by atoms with van der Waals surface area (Å²) < 4.78 is 41.2. The first kappa shape index (κ1) is 19.2. The van der Waals surface area contributed by atoms with Crippen LogP contribution in [0.5, 0.6) is 0 Å². The van der Waals surface area contributed by atoms with Gasteiger partial charge in [0.1, 0.15) is 5.82 Å². The lowest BCUT2D eigenvalue weighted by molar-refractivity contribution is 0.548. The Morgan fingerprint density at radius 3 is 2.52 bits per heavy atom. The van der Waals surface area contributed by atoms with E-state index in [2.05, 4.69) is 9.82 Å². The Labute approximate surface area is 160 Å². The van der Waals surface area contributed by atoms with Crippen LogP contribution in [-0.4, -0.2) is 24.7 Å². The van der Waals surface area contributed by atoms with Crippen molar-refractivity contribution >= 4 is 21.6 Å². The molecule has 3 aromatic rings. The average Bonchev–Trinajstić information content (AvgIpc) is 2.66. The third-order valence-electron chi connectivity index (χ3n) is 3.75. The second-order valence-corrected chi connectivity index (χ2v) is 7.79. The molecule has 0 saturated heterocycles. The Morgan fingerprint density at radius 1 is 1.07 bits per heavy atom. The van der Waals surface area contributed by atoms with Gasteiger partial charge in [-0.1, -0.05) is 41.9 Å². The van der Waals surface area contributed by atoms with E-state index in [-0.39, 0.29) is 28.6 Å². The van der Waals surface area contributed by atoms with E-state index in [0.717, 1.165) is 23.8 Å². The second kappa shape index (κ2) is 7.99. The van der Waals surface area contributed by atoms with Gasteiger partial charge in [-0.15, -0.1) is 0 Å². The summed E-state index contributed by atoms with van der Waals surface area (Å²) in [6.45, 7) is -0.0316. The van der Waals surface area contributed by atoms with Crippen LogP contribution in [0.4, 0.5) is 4.39 Å². The van der Waals surface area contributed by atoms with Gasteiger partial charge in [0.15, 0.2) is 0 Å². The van der Waals surface area contributed by atoms with Gasteiger partial charge in [0, 0.05) is 18.2 Å². The molecule has 0 spiro atoms. The van der Waals surface area contributed by atoms with Gasteiger partial charge in [0.25, 0.3) is 5.56 Å². The first-order valence-electron chi connectivity index (χ1n) is 7.95. The van der Waals surface area contributed by atoms with Crippen LogP contribution in [0, 0.1) is 5.82 Å². The number of hydrogen-bond donors (Lipinski definition) is 1. The van der Waals surface area contributed by atoms with Gasteiger partial charge in [-0.05, 0) is 24.3 Å². The molecule has 1 N–H and O–H groups in total. The van der Waals surface area contributed by atoms with E-state index >= 15 is 0 Å². The number of sulfonamides is 1. The summed E-state index contributed by atoms with van der Waals surface area (Å²) in [5, 5.41) is 3.97. The van der Waals surface area contributed by atoms with Crippen molar-refractivity contribution in [3.8, 4) is 11.3 Å². The standard InChI is InChI=1S/C18H15ClFN3O3S/c19-15-12-14(6-7-16(15)20)27(25,26)21-10-11-23-18(24)9-8-17(22-23)13-4-2-1-3-5-13/h1-9,12,21H,10-11H2. The number of halogens is 2. The van der Waals surface area contributed by atoms with Crippen molar-refractivity contribution in [2.24, 2.45) is 0 Å². The van der Waals surface area contributed by atoms with E-state index in [1.807, 2.05) is 30.3 Å². The van der Waals surface area contributed by atoms with Crippen molar-refractivity contribution in [3.05, 3.63) is 81.9 Å². The number of aromatic nitrogens is 2. The molecule has 0 saturated carbocycles. The highest BCUT2D eigenvalue weighted by molar-refractivity contribution is 7.89. The maximum atomic E-state index is 13.2. The Hall–Kier alpha value is -2.55. The quantitative estimate of drug-likeness (QED) is 0.681. The van der Waals surface area contributed by atoms with Crippen LogP contribution >= 0.6 is 11.6 Å². The first-order valence-corrected chi connectivity index (χ1v) is 9.81. The molecule has 9 heteroatoms. The van der Waals surface area contributed by atoms with Crippen LogP contribution in [0.2, 0.25) is 5.02 Å². The third kappa shape index (κ3) is 4.60. The Kier molecular flexibility index (Phi) is 5.69. The highest BCUT2D eigenvalue weighted by Gasteiger charge is 2.15. The molecule has 2 aromatic carbocycles. The Morgan fingerprint density at radius 2 is 1.81 bits per heavy atom. The summed E-state index contributed by atoms with van der Waals surface area (Å²) in [6.07, 6.45) is 0. The number of nitrogens with one attached hydrogen (secondary N) is 1. The maximum Gasteiger partial charge on any atom is 0.266 e. The van der Waals surface area contributed by atoms with Crippen LogP contribution in [0.3, 0.4) is 0 Å². The van der Waals surface area contributed by atoms with Crippen molar-refractivity contribution in [2.45, 2.75) is 11.4 Å². The molecule has 27 heavy (non-hydrogen) atoms. The average molecular weight is 408 g/mol. The number of benzene rings is 2. The first-order chi connectivity index (χ1) is 12.9. The van der Waals surface area contributed by atoms with Crippen LogP contribution in [-0.2, 0) is 16.6 Å². The summed E-state index contributed by atoms with van der Waals surface area (Å²) >= 11 is 5.62. The zero-order valence-electron chi connectivity index (χ0n) is 14.0. The molecular weight excluding hydrogens is 393 g/mol. The van der Waals surface area contributed by atoms with E-state index in [1.54, 1.807) is 6.07 Å². The SMILES string of the molecule is O=c1ccc(-c2ccccc2)nn1CCNS(=O)(=O)c1ccc(F)c(Cl)c1. The molecule has 3 rings (SSSR count). The second-order valence-electron chi connectivity index (χ2n) is 5.62. The lowest BCUT2D eigenvalue weighted by Gasteiger charge is -2.09. The van der Waals surface area contributed by atoms with Gasteiger partial charge in [0.2, 0.25) is 10.0 Å². The minimum Gasteiger partial charge on any atom is -0.268 e. The topological polar surface area (TPSA) is 81.1 Å². The molecule has 0 atom stereocenters. The predicted molar refractivity (Wildman–Crippen MR) is 101 cm³/mol.